The highest BCUT2D eigenvalue weighted by Crippen LogP contribution is 2.55. The van der Waals surface area contributed by atoms with Crippen molar-refractivity contribution in [3.63, 3.8) is 0 Å². The van der Waals surface area contributed by atoms with Gasteiger partial charge in [0.05, 0.1) is 12.7 Å². The Morgan fingerprint density at radius 3 is 1.36 bits per heavy atom. The molecule has 8 aromatic carbocycles. The number of anilines is 9. The number of rotatable bonds is 5. The number of hydrogen-bond acceptors (Lipinski definition) is 4. The monoisotopic (exact) mass is 975 g/mol. The van der Waals surface area contributed by atoms with Crippen LogP contribution in [0.1, 0.15) is 133 Å². The maximum absolute atomic E-state index is 9.89. The molecule has 2 aliphatic heterocycles. The zero-order chi connectivity index (χ0) is 52.6. The molecule has 9 aromatic rings. The first-order valence-corrected chi connectivity index (χ1v) is 27.2. The van der Waals surface area contributed by atoms with Crippen LogP contribution in [0.5, 0.6) is 0 Å². The lowest BCUT2D eigenvalue weighted by atomic mass is 9.33. The molecule has 1 aromatic heterocycles. The summed E-state index contributed by atoms with van der Waals surface area (Å²) in [6, 6.07) is 60.6. The predicted octanol–water partition coefficient (Wildman–Crippen LogP) is 18.1. The number of benzene rings is 8. The van der Waals surface area contributed by atoms with E-state index in [9.17, 15) is 1.37 Å². The smallest absolute Gasteiger partial charge is 0.252 e. The predicted molar refractivity (Wildman–Crippen MR) is 322 cm³/mol. The third kappa shape index (κ3) is 8.37. The van der Waals surface area contributed by atoms with E-state index in [4.69, 9.17) is 0 Å². The van der Waals surface area contributed by atoms with Crippen molar-refractivity contribution in [1.82, 2.24) is 0 Å². The lowest BCUT2D eigenvalue weighted by Gasteiger charge is -2.46. The summed E-state index contributed by atoms with van der Waals surface area (Å²) >= 11 is 1.89. The van der Waals surface area contributed by atoms with E-state index in [-0.39, 0.29) is 33.8 Å². The molecule has 73 heavy (non-hydrogen) atoms. The molecule has 0 unspecified atom stereocenters. The van der Waals surface area contributed by atoms with Gasteiger partial charge in [0.15, 0.2) is 0 Å². The molecule has 11 rings (SSSR count). The van der Waals surface area contributed by atoms with Gasteiger partial charge in [0.2, 0.25) is 0 Å². The summed E-state index contributed by atoms with van der Waals surface area (Å²) in [7, 11) is 0. The summed E-state index contributed by atoms with van der Waals surface area (Å²) < 4.78 is 12.4. The van der Waals surface area contributed by atoms with Crippen LogP contribution in [-0.2, 0) is 27.1 Å². The van der Waals surface area contributed by atoms with Crippen LogP contribution in [-0.4, -0.2) is 6.71 Å². The van der Waals surface area contributed by atoms with Crippen LogP contribution in [0.25, 0.3) is 20.2 Å². The molecule has 368 valence electrons. The first kappa shape index (κ1) is 47.4. The van der Waals surface area contributed by atoms with E-state index in [1.807, 2.05) is 11.3 Å². The summed E-state index contributed by atoms with van der Waals surface area (Å²) in [6.45, 7) is 34.3. The summed E-state index contributed by atoms with van der Waals surface area (Å²) in [4.78, 5) is 7.55. The standard InChI is InChI=1S/C68H72BN3S/c1-64(2,3)43-23-32-48(33-24-43)70(49-34-25-44(26-35-49)65(4,5)6)63-60-52-19-16-17-22-58(52)73-59(60)42-54-62(63)72(51-38-29-46(30-39-51)67(10,11)12)57-21-18-20-56-61(57)69(54)53-41-47(68(13,14)15)31-40-55(53)71(56)50-36-27-45(28-37-50)66(7,8)9/h16-42H,1-15H3/i18D. The molecule has 0 atom stereocenters. The largest absolute Gasteiger partial charge is 0.311 e. The average Bonchev–Trinajstić information content (AvgIpc) is 3.71. The molecule has 0 spiro atoms. The van der Waals surface area contributed by atoms with Crippen LogP contribution in [0.15, 0.2) is 164 Å². The molecule has 3 heterocycles. The van der Waals surface area contributed by atoms with Crippen LogP contribution < -0.4 is 31.1 Å². The molecule has 0 fully saturated rings. The van der Waals surface area contributed by atoms with Gasteiger partial charge in [0.1, 0.15) is 0 Å². The van der Waals surface area contributed by atoms with E-state index in [2.05, 4.69) is 276 Å². The summed E-state index contributed by atoms with van der Waals surface area (Å²) in [5.41, 5.74) is 19.9. The number of nitrogens with zero attached hydrogens (tertiary/aromatic N) is 3. The van der Waals surface area contributed by atoms with Gasteiger partial charge in [0, 0.05) is 60.0 Å². The van der Waals surface area contributed by atoms with Crippen molar-refractivity contribution in [3.8, 4) is 0 Å². The first-order valence-electron chi connectivity index (χ1n) is 26.9. The Balaban J connectivity index is 1.32. The molecule has 0 saturated carbocycles. The van der Waals surface area contributed by atoms with Crippen molar-refractivity contribution >= 4 is 106 Å². The molecule has 0 N–H and O–H groups in total. The van der Waals surface area contributed by atoms with E-state index >= 15 is 0 Å². The maximum atomic E-state index is 9.89. The summed E-state index contributed by atoms with van der Waals surface area (Å²) in [5, 5.41) is 2.46. The minimum Gasteiger partial charge on any atom is -0.311 e. The highest BCUT2D eigenvalue weighted by molar-refractivity contribution is 7.26. The van der Waals surface area contributed by atoms with Crippen molar-refractivity contribution in [2.45, 2.75) is 131 Å². The van der Waals surface area contributed by atoms with Gasteiger partial charge in [0.25, 0.3) is 6.71 Å². The highest BCUT2D eigenvalue weighted by atomic mass is 32.1. The van der Waals surface area contributed by atoms with E-state index in [0.29, 0.717) is 6.04 Å². The molecule has 3 nitrogen and oxygen atoms in total. The second-order valence-corrected chi connectivity index (χ2v) is 27.0. The van der Waals surface area contributed by atoms with Crippen LogP contribution in [0, 0.1) is 0 Å². The second kappa shape index (κ2) is 17.0. The van der Waals surface area contributed by atoms with Crippen LogP contribution >= 0.6 is 11.3 Å². The van der Waals surface area contributed by atoms with Crippen molar-refractivity contribution < 1.29 is 1.37 Å². The highest BCUT2D eigenvalue weighted by Gasteiger charge is 2.46. The second-order valence-electron chi connectivity index (χ2n) is 25.9. The normalized spacial score (nSPS) is 14.1. The lowest BCUT2D eigenvalue weighted by Crippen LogP contribution is -2.61. The third-order valence-corrected chi connectivity index (χ3v) is 16.7. The summed E-state index contributed by atoms with van der Waals surface area (Å²) in [5.74, 6) is 0. The van der Waals surface area contributed by atoms with Crippen LogP contribution in [0.4, 0.5) is 51.2 Å². The van der Waals surface area contributed by atoms with E-state index in [0.717, 1.165) is 51.2 Å². The van der Waals surface area contributed by atoms with Crippen molar-refractivity contribution in [3.05, 3.63) is 192 Å². The van der Waals surface area contributed by atoms with E-state index in [1.54, 1.807) is 0 Å². The van der Waals surface area contributed by atoms with Gasteiger partial charge in [-0.2, -0.15) is 0 Å². The topological polar surface area (TPSA) is 9.72 Å². The van der Waals surface area contributed by atoms with Crippen molar-refractivity contribution in [2.75, 3.05) is 14.7 Å². The zero-order valence-electron chi connectivity index (χ0n) is 46.8. The Hall–Kier alpha value is -6.56. The fourth-order valence-electron chi connectivity index (χ4n) is 11.3. The van der Waals surface area contributed by atoms with Gasteiger partial charge < -0.3 is 14.7 Å². The fourth-order valence-corrected chi connectivity index (χ4v) is 12.4. The Kier molecular flexibility index (Phi) is 11.0. The first-order chi connectivity index (χ1) is 34.8. The van der Waals surface area contributed by atoms with Crippen LogP contribution in [0.3, 0.4) is 0 Å². The molecule has 5 heteroatoms. The molecule has 0 radical (unpaired) electrons. The maximum Gasteiger partial charge on any atom is 0.252 e. The van der Waals surface area contributed by atoms with Gasteiger partial charge in [-0.05, 0) is 150 Å². The molecule has 2 aliphatic rings. The average molecular weight is 975 g/mol. The van der Waals surface area contributed by atoms with Gasteiger partial charge in [-0.3, -0.25) is 0 Å². The van der Waals surface area contributed by atoms with Gasteiger partial charge in [-0.15, -0.1) is 11.3 Å². The Morgan fingerprint density at radius 1 is 0.425 bits per heavy atom. The molecular formula is C68H72BN3S. The molecule has 0 amide bonds. The van der Waals surface area contributed by atoms with Gasteiger partial charge >= 0.3 is 0 Å². The fraction of sp³-hybridized carbons (Fsp3) is 0.294. The molecule has 0 saturated heterocycles. The Morgan fingerprint density at radius 2 is 0.863 bits per heavy atom. The Labute approximate surface area is 442 Å². The zero-order valence-corrected chi connectivity index (χ0v) is 46.7. The van der Waals surface area contributed by atoms with Gasteiger partial charge in [-0.1, -0.05) is 189 Å². The van der Waals surface area contributed by atoms with Crippen molar-refractivity contribution in [1.29, 1.82) is 0 Å². The Bertz CT molecular complexity index is 3570. The molecule has 0 aliphatic carbocycles. The number of thiophene rings is 1. The molecule has 0 bridgehead atoms. The quantitative estimate of drug-likeness (QED) is 0.159. The van der Waals surface area contributed by atoms with E-state index in [1.165, 1.54) is 64.4 Å². The minimum atomic E-state index is -0.162. The minimum absolute atomic E-state index is 0.00479. The lowest BCUT2D eigenvalue weighted by molar-refractivity contribution is 0.590. The number of hydrogen-bond donors (Lipinski definition) is 0. The summed E-state index contributed by atoms with van der Waals surface area (Å²) in [6.07, 6.45) is 0. The SMILES string of the molecule is [2H]c1cc2c3c(c1)N(c1ccc(C(C)(C)C)cc1)c1c(cc4sc5ccccc5c4c1N(c1ccc(C(C)(C)C)cc1)c1ccc(C(C)(C)C)cc1)B3c1cc(C(C)(C)C)ccc1N2c1ccc(C(C)(C)C)cc1. The third-order valence-electron chi connectivity index (χ3n) is 15.6. The number of fused-ring (bicyclic) bond motifs is 7. The molecular weight excluding hydrogens is 902 g/mol. The van der Waals surface area contributed by atoms with Crippen molar-refractivity contribution in [2.24, 2.45) is 0 Å². The van der Waals surface area contributed by atoms with Gasteiger partial charge in [-0.25, -0.2) is 0 Å². The van der Waals surface area contributed by atoms with Crippen LogP contribution in [0.2, 0.25) is 0 Å². The van der Waals surface area contributed by atoms with E-state index < -0.39 is 0 Å².